The van der Waals surface area contributed by atoms with Gasteiger partial charge in [0.25, 0.3) is 0 Å². The summed E-state index contributed by atoms with van der Waals surface area (Å²) in [6.45, 7) is 2.85. The highest BCUT2D eigenvalue weighted by Crippen LogP contribution is 2.31. The van der Waals surface area contributed by atoms with Crippen LogP contribution in [-0.2, 0) is 22.6 Å². The van der Waals surface area contributed by atoms with Crippen molar-refractivity contribution < 1.29 is 38.4 Å². The van der Waals surface area contributed by atoms with Crippen molar-refractivity contribution in [3.8, 4) is 17.2 Å². The number of aryl methyl sites for hydroxylation is 1. The van der Waals surface area contributed by atoms with Gasteiger partial charge in [0.2, 0.25) is 5.91 Å². The van der Waals surface area contributed by atoms with E-state index in [0.717, 1.165) is 11.1 Å². The Morgan fingerprint density at radius 3 is 2.27 bits per heavy atom. The van der Waals surface area contributed by atoms with Gasteiger partial charge in [-0.15, -0.1) is 0 Å². The van der Waals surface area contributed by atoms with Gasteiger partial charge < -0.3 is 39.6 Å². The SMILES string of the molecule is COc1cc(CC(=O)N2C[C@H](OCc3ccccc3)C[C@H]2COc2ccc(C(=O)O)cc2OC)ccc1NC(=O)Nc1ccccc1C. The molecule has 4 aromatic carbocycles. The average molecular weight is 654 g/mol. The predicted octanol–water partition coefficient (Wildman–Crippen LogP) is 6.16. The molecule has 1 fully saturated rings. The van der Waals surface area contributed by atoms with Crippen LogP contribution in [0, 0.1) is 6.92 Å². The fraction of sp³-hybridized carbons (Fsp3) is 0.270. The molecule has 250 valence electrons. The molecular weight excluding hydrogens is 614 g/mol. The Labute approximate surface area is 279 Å². The zero-order chi connectivity index (χ0) is 34.0. The van der Waals surface area contributed by atoms with Gasteiger partial charge in [-0.25, -0.2) is 9.59 Å². The van der Waals surface area contributed by atoms with Crippen LogP contribution in [0.1, 0.15) is 33.5 Å². The number of amides is 3. The number of methoxy groups -OCH3 is 2. The van der Waals surface area contributed by atoms with E-state index in [1.54, 1.807) is 29.2 Å². The number of hydrogen-bond donors (Lipinski definition) is 3. The summed E-state index contributed by atoms with van der Waals surface area (Å²) in [7, 11) is 2.95. The van der Waals surface area contributed by atoms with Crippen LogP contribution >= 0.6 is 0 Å². The van der Waals surface area contributed by atoms with Crippen LogP contribution in [-0.4, -0.2) is 67.4 Å². The molecule has 48 heavy (non-hydrogen) atoms. The Bertz CT molecular complexity index is 1750. The average Bonchev–Trinajstić information content (AvgIpc) is 3.51. The zero-order valence-corrected chi connectivity index (χ0v) is 27.1. The van der Waals surface area contributed by atoms with Gasteiger partial charge >= 0.3 is 12.0 Å². The molecule has 0 radical (unpaired) electrons. The largest absolute Gasteiger partial charge is 0.495 e. The first-order chi connectivity index (χ1) is 23.2. The number of likely N-dealkylation sites (tertiary alicyclic amines) is 1. The van der Waals surface area contributed by atoms with Crippen molar-refractivity contribution >= 4 is 29.3 Å². The number of hydrogen-bond acceptors (Lipinski definition) is 7. The van der Waals surface area contributed by atoms with E-state index < -0.39 is 12.0 Å². The maximum Gasteiger partial charge on any atom is 0.335 e. The molecule has 1 aliphatic rings. The highest BCUT2D eigenvalue weighted by Gasteiger charge is 2.36. The molecule has 0 saturated carbocycles. The highest BCUT2D eigenvalue weighted by molar-refractivity contribution is 6.01. The van der Waals surface area contributed by atoms with Crippen LogP contribution in [0.2, 0.25) is 0 Å². The van der Waals surface area contributed by atoms with Crippen molar-refractivity contribution in [3.05, 3.63) is 113 Å². The second-order valence-corrected chi connectivity index (χ2v) is 11.4. The molecular formula is C37H39N3O8. The number of carboxylic acids is 1. The molecule has 1 aliphatic heterocycles. The van der Waals surface area contributed by atoms with E-state index in [4.69, 9.17) is 18.9 Å². The van der Waals surface area contributed by atoms with Crippen LogP contribution in [0.5, 0.6) is 17.2 Å². The number of rotatable bonds is 13. The van der Waals surface area contributed by atoms with Gasteiger partial charge in [0, 0.05) is 12.2 Å². The summed E-state index contributed by atoms with van der Waals surface area (Å²) in [4.78, 5) is 39.7. The van der Waals surface area contributed by atoms with Crippen molar-refractivity contribution in [2.24, 2.45) is 0 Å². The fourth-order valence-electron chi connectivity index (χ4n) is 5.57. The monoisotopic (exact) mass is 653 g/mol. The van der Waals surface area contributed by atoms with Crippen molar-refractivity contribution in [2.45, 2.75) is 38.5 Å². The second kappa shape index (κ2) is 15.8. The molecule has 11 nitrogen and oxygen atoms in total. The molecule has 11 heteroatoms. The second-order valence-electron chi connectivity index (χ2n) is 11.4. The van der Waals surface area contributed by atoms with Gasteiger partial charge in [0.1, 0.15) is 12.4 Å². The standard InChI is InChI=1S/C37H39N3O8/c1-24-9-7-8-12-30(24)38-37(44)39-31-15-13-26(17-33(31)45-2)18-35(41)40-21-29(47-22-25-10-5-4-6-11-25)20-28(40)23-48-32-16-14-27(36(42)43)19-34(32)46-3/h4-17,19,28-29H,18,20-23H2,1-3H3,(H,42,43)(H2,38,39,44)/t28-,29+/m0/s1. The highest BCUT2D eigenvalue weighted by atomic mass is 16.5. The number of urea groups is 1. The smallest absolute Gasteiger partial charge is 0.335 e. The number of aromatic carboxylic acids is 1. The van der Waals surface area contributed by atoms with Crippen molar-refractivity contribution in [1.29, 1.82) is 0 Å². The van der Waals surface area contributed by atoms with E-state index >= 15 is 0 Å². The Morgan fingerprint density at radius 1 is 0.812 bits per heavy atom. The number of ether oxygens (including phenoxy) is 4. The third-order valence-corrected chi connectivity index (χ3v) is 8.13. The summed E-state index contributed by atoms with van der Waals surface area (Å²) in [5, 5.41) is 15.0. The number of carboxylic acid groups (broad SMARTS) is 1. The first-order valence-corrected chi connectivity index (χ1v) is 15.5. The van der Waals surface area contributed by atoms with Crippen LogP contribution in [0.15, 0.2) is 91.0 Å². The summed E-state index contributed by atoms with van der Waals surface area (Å²) < 4.78 is 23.2. The van der Waals surface area contributed by atoms with Gasteiger partial charge in [-0.1, -0.05) is 54.6 Å². The summed E-state index contributed by atoms with van der Waals surface area (Å²) in [6, 6.07) is 26.2. The number of carbonyl (C=O) groups is 3. The summed E-state index contributed by atoms with van der Waals surface area (Å²) in [5.41, 5.74) is 3.91. The summed E-state index contributed by atoms with van der Waals surface area (Å²) >= 11 is 0. The molecule has 4 aromatic rings. The molecule has 0 aromatic heterocycles. The van der Waals surface area contributed by atoms with E-state index in [2.05, 4.69) is 10.6 Å². The van der Waals surface area contributed by atoms with Gasteiger partial charge in [0.05, 0.1) is 50.6 Å². The van der Waals surface area contributed by atoms with E-state index in [0.29, 0.717) is 48.0 Å². The van der Waals surface area contributed by atoms with Crippen LogP contribution < -0.4 is 24.8 Å². The summed E-state index contributed by atoms with van der Waals surface area (Å²) in [5.74, 6) is -0.110. The minimum absolute atomic E-state index is 0.0785. The molecule has 3 N–H and O–H groups in total. The Kier molecular flexibility index (Phi) is 11.1. The minimum Gasteiger partial charge on any atom is -0.495 e. The van der Waals surface area contributed by atoms with Gasteiger partial charge in [-0.05, 0) is 66.4 Å². The maximum absolute atomic E-state index is 13.8. The Hall–Kier alpha value is -5.55. The quantitative estimate of drug-likeness (QED) is 0.156. The van der Waals surface area contributed by atoms with E-state index in [1.807, 2.05) is 61.5 Å². The lowest BCUT2D eigenvalue weighted by Crippen LogP contribution is -2.40. The topological polar surface area (TPSA) is 136 Å². The molecule has 5 rings (SSSR count). The van der Waals surface area contributed by atoms with Crippen LogP contribution in [0.4, 0.5) is 16.2 Å². The van der Waals surface area contributed by atoms with E-state index in [9.17, 15) is 19.5 Å². The van der Waals surface area contributed by atoms with Crippen LogP contribution in [0.25, 0.3) is 0 Å². The summed E-state index contributed by atoms with van der Waals surface area (Å²) in [6.07, 6.45) is 0.424. The van der Waals surface area contributed by atoms with Crippen molar-refractivity contribution in [3.63, 3.8) is 0 Å². The van der Waals surface area contributed by atoms with Gasteiger partial charge in [-0.3, -0.25) is 4.79 Å². The molecule has 0 unspecified atom stereocenters. The number of nitrogens with zero attached hydrogens (tertiary/aromatic N) is 1. The van der Waals surface area contributed by atoms with Crippen LogP contribution in [0.3, 0.4) is 0 Å². The van der Waals surface area contributed by atoms with Gasteiger partial charge in [-0.2, -0.15) is 0 Å². The normalized spacial score (nSPS) is 15.4. The molecule has 3 amide bonds. The molecule has 0 spiro atoms. The Morgan fingerprint density at radius 2 is 1.54 bits per heavy atom. The molecule has 0 aliphatic carbocycles. The first kappa shape index (κ1) is 33.8. The van der Waals surface area contributed by atoms with E-state index in [-0.39, 0.29) is 42.4 Å². The molecule has 1 saturated heterocycles. The number of nitrogens with one attached hydrogen (secondary N) is 2. The van der Waals surface area contributed by atoms with E-state index in [1.165, 1.54) is 26.4 Å². The number of benzene rings is 4. The number of para-hydroxylation sites is 1. The molecule has 1 heterocycles. The number of anilines is 2. The molecule has 2 atom stereocenters. The zero-order valence-electron chi connectivity index (χ0n) is 27.1. The lowest BCUT2D eigenvalue weighted by atomic mass is 10.1. The third kappa shape index (κ3) is 8.62. The van der Waals surface area contributed by atoms with Gasteiger partial charge in [0.15, 0.2) is 11.5 Å². The Balaban J connectivity index is 1.27. The van der Waals surface area contributed by atoms with Crippen molar-refractivity contribution in [2.75, 3.05) is 38.0 Å². The third-order valence-electron chi connectivity index (χ3n) is 8.13. The minimum atomic E-state index is -1.07. The predicted molar refractivity (Wildman–Crippen MR) is 181 cm³/mol. The van der Waals surface area contributed by atoms with Crippen molar-refractivity contribution in [1.82, 2.24) is 4.90 Å². The maximum atomic E-state index is 13.8. The first-order valence-electron chi connectivity index (χ1n) is 15.5. The molecule has 0 bridgehead atoms. The lowest BCUT2D eigenvalue weighted by Gasteiger charge is -2.25. The lowest BCUT2D eigenvalue weighted by molar-refractivity contribution is -0.132. The number of carbonyl (C=O) groups excluding carboxylic acids is 2. The fourth-order valence-corrected chi connectivity index (χ4v) is 5.57.